The summed E-state index contributed by atoms with van der Waals surface area (Å²) in [5.41, 5.74) is 3.59. The Balaban J connectivity index is 1.63. The first-order chi connectivity index (χ1) is 14.1. The molecule has 0 bridgehead atoms. The molecule has 4 nitrogen and oxygen atoms in total. The number of carbonyl (C=O) groups is 1. The van der Waals surface area contributed by atoms with Gasteiger partial charge in [0.1, 0.15) is 5.15 Å². The van der Waals surface area contributed by atoms with Gasteiger partial charge >= 0.3 is 6.03 Å². The lowest BCUT2D eigenvalue weighted by molar-refractivity contribution is 0.207. The van der Waals surface area contributed by atoms with E-state index in [0.717, 1.165) is 32.6 Å². The van der Waals surface area contributed by atoms with Crippen molar-refractivity contribution < 1.29 is 4.79 Å². The number of halogens is 1. The number of aryl methyl sites for hydroxylation is 1. The zero-order chi connectivity index (χ0) is 20.2. The lowest BCUT2D eigenvalue weighted by atomic mass is 10.1. The summed E-state index contributed by atoms with van der Waals surface area (Å²) >= 11 is 8.09. The molecule has 2 amide bonds. The Labute approximate surface area is 178 Å². The minimum absolute atomic E-state index is 0.176. The van der Waals surface area contributed by atoms with Crippen molar-refractivity contribution in [2.45, 2.75) is 20.0 Å². The van der Waals surface area contributed by atoms with Crippen molar-refractivity contribution in [1.29, 1.82) is 0 Å². The van der Waals surface area contributed by atoms with Crippen LogP contribution in [0.5, 0.6) is 0 Å². The minimum Gasteiger partial charge on any atom is -0.315 e. The normalized spacial score (nSPS) is 10.8. The van der Waals surface area contributed by atoms with Crippen LogP contribution < -0.4 is 5.32 Å². The van der Waals surface area contributed by atoms with Crippen LogP contribution in [0.4, 0.5) is 10.5 Å². The number of hydrogen-bond donors (Lipinski definition) is 1. The molecule has 4 aromatic rings. The molecule has 0 atom stereocenters. The van der Waals surface area contributed by atoms with E-state index in [1.54, 1.807) is 16.2 Å². The molecule has 0 unspecified atom stereocenters. The topological polar surface area (TPSA) is 45.2 Å². The van der Waals surface area contributed by atoms with Crippen molar-refractivity contribution in [2.75, 3.05) is 5.32 Å². The molecule has 0 aliphatic rings. The number of para-hydroxylation sites is 1. The van der Waals surface area contributed by atoms with Crippen LogP contribution in [-0.2, 0) is 13.1 Å². The molecule has 2 aromatic carbocycles. The van der Waals surface area contributed by atoms with Crippen LogP contribution >= 0.6 is 22.9 Å². The number of carbonyl (C=O) groups excluding carboxylic acids is 1. The lowest BCUT2D eigenvalue weighted by Gasteiger charge is -2.23. The number of benzene rings is 2. The van der Waals surface area contributed by atoms with E-state index in [1.165, 1.54) is 0 Å². The molecule has 0 radical (unpaired) electrons. The Bertz CT molecular complexity index is 1130. The Morgan fingerprint density at radius 3 is 2.66 bits per heavy atom. The van der Waals surface area contributed by atoms with Crippen molar-refractivity contribution >= 4 is 45.6 Å². The number of hydrogen-bond acceptors (Lipinski definition) is 3. The number of urea groups is 1. The van der Waals surface area contributed by atoms with Gasteiger partial charge in [-0.1, -0.05) is 47.5 Å². The summed E-state index contributed by atoms with van der Waals surface area (Å²) in [5, 5.41) is 6.42. The lowest BCUT2D eigenvalue weighted by Crippen LogP contribution is -2.34. The van der Waals surface area contributed by atoms with Crippen molar-refractivity contribution in [3.05, 3.63) is 93.3 Å². The Morgan fingerprint density at radius 2 is 1.90 bits per heavy atom. The van der Waals surface area contributed by atoms with E-state index in [1.807, 2.05) is 73.0 Å². The van der Waals surface area contributed by atoms with Gasteiger partial charge in [0.05, 0.1) is 18.6 Å². The second-order valence-electron chi connectivity index (χ2n) is 6.87. The third-order valence-electron chi connectivity index (χ3n) is 4.60. The molecule has 2 heterocycles. The summed E-state index contributed by atoms with van der Waals surface area (Å²) in [6.45, 7) is 2.91. The van der Waals surface area contributed by atoms with E-state index < -0.39 is 0 Å². The zero-order valence-corrected chi connectivity index (χ0v) is 17.5. The molecule has 0 aliphatic heterocycles. The van der Waals surface area contributed by atoms with Gasteiger partial charge in [0.2, 0.25) is 0 Å². The highest BCUT2D eigenvalue weighted by atomic mass is 35.5. The number of anilines is 1. The van der Waals surface area contributed by atoms with Crippen LogP contribution in [0, 0.1) is 6.92 Å². The fourth-order valence-corrected chi connectivity index (χ4v) is 4.07. The third kappa shape index (κ3) is 4.75. The largest absolute Gasteiger partial charge is 0.322 e. The van der Waals surface area contributed by atoms with Crippen molar-refractivity contribution in [2.24, 2.45) is 0 Å². The highest BCUT2D eigenvalue weighted by Gasteiger charge is 2.18. The fourth-order valence-electron chi connectivity index (χ4n) is 3.15. The maximum atomic E-state index is 13.0. The molecule has 6 heteroatoms. The van der Waals surface area contributed by atoms with E-state index in [9.17, 15) is 4.79 Å². The molecular weight excluding hydrogens is 402 g/mol. The van der Waals surface area contributed by atoms with Crippen molar-refractivity contribution in [3.8, 4) is 0 Å². The second-order valence-corrected chi connectivity index (χ2v) is 8.26. The van der Waals surface area contributed by atoms with Crippen LogP contribution in [-0.4, -0.2) is 15.9 Å². The van der Waals surface area contributed by atoms with Crippen LogP contribution in [0.1, 0.15) is 16.0 Å². The molecule has 1 N–H and O–H groups in total. The predicted octanol–water partition coefficient (Wildman–Crippen LogP) is 6.49. The summed E-state index contributed by atoms with van der Waals surface area (Å²) in [7, 11) is 0. The molecule has 2 aromatic heterocycles. The number of amides is 2. The third-order valence-corrected chi connectivity index (χ3v) is 5.79. The molecule has 0 saturated heterocycles. The second kappa shape index (κ2) is 8.64. The van der Waals surface area contributed by atoms with Gasteiger partial charge in [0.25, 0.3) is 0 Å². The summed E-state index contributed by atoms with van der Waals surface area (Å²) in [4.78, 5) is 20.4. The van der Waals surface area contributed by atoms with Crippen LogP contribution in [0.25, 0.3) is 10.9 Å². The smallest absolute Gasteiger partial charge is 0.315 e. The Kier molecular flexibility index (Phi) is 5.79. The van der Waals surface area contributed by atoms with Gasteiger partial charge in [0, 0.05) is 21.5 Å². The van der Waals surface area contributed by atoms with Crippen LogP contribution in [0.3, 0.4) is 0 Å². The number of thiophene rings is 1. The maximum absolute atomic E-state index is 13.0. The average molecular weight is 422 g/mol. The van der Waals surface area contributed by atoms with Gasteiger partial charge in [-0.05, 0) is 48.7 Å². The van der Waals surface area contributed by atoms with Gasteiger partial charge in [-0.2, -0.15) is 0 Å². The molecule has 0 spiro atoms. The first-order valence-corrected chi connectivity index (χ1v) is 10.5. The van der Waals surface area contributed by atoms with Crippen molar-refractivity contribution in [3.63, 3.8) is 0 Å². The monoisotopic (exact) mass is 421 g/mol. The number of nitrogens with one attached hydrogen (secondary N) is 1. The number of pyridine rings is 1. The summed E-state index contributed by atoms with van der Waals surface area (Å²) in [5.74, 6) is 0. The summed E-state index contributed by atoms with van der Waals surface area (Å²) in [6, 6.07) is 21.4. The molecule has 146 valence electrons. The molecule has 0 aliphatic carbocycles. The number of aromatic nitrogens is 1. The van der Waals surface area contributed by atoms with E-state index in [4.69, 9.17) is 11.6 Å². The van der Waals surface area contributed by atoms with Gasteiger partial charge in [-0.3, -0.25) is 0 Å². The zero-order valence-electron chi connectivity index (χ0n) is 15.9. The summed E-state index contributed by atoms with van der Waals surface area (Å²) < 4.78 is 0. The van der Waals surface area contributed by atoms with E-state index in [0.29, 0.717) is 18.2 Å². The van der Waals surface area contributed by atoms with E-state index in [2.05, 4.69) is 16.4 Å². The SMILES string of the molecule is Cc1ccc2nc(Cl)c(CN(Cc3cccs3)C(=O)Nc3ccccc3)cc2c1. The molecule has 4 rings (SSSR count). The highest BCUT2D eigenvalue weighted by Crippen LogP contribution is 2.24. The van der Waals surface area contributed by atoms with Crippen LogP contribution in [0.15, 0.2) is 72.1 Å². The molecular formula is C23H20ClN3OS. The standard InChI is InChI=1S/C23H20ClN3OS/c1-16-9-10-21-17(12-16)13-18(22(24)26-21)14-27(15-20-8-5-11-29-20)23(28)25-19-6-3-2-4-7-19/h2-13H,14-15H2,1H3,(H,25,28). The first-order valence-electron chi connectivity index (χ1n) is 9.27. The Hall–Kier alpha value is -2.89. The quantitative estimate of drug-likeness (QED) is 0.374. The molecule has 0 saturated carbocycles. The number of rotatable bonds is 5. The Morgan fingerprint density at radius 1 is 1.07 bits per heavy atom. The minimum atomic E-state index is -0.176. The average Bonchev–Trinajstić information content (AvgIpc) is 3.22. The summed E-state index contributed by atoms with van der Waals surface area (Å²) in [6.07, 6.45) is 0. The van der Waals surface area contributed by atoms with Crippen LogP contribution in [0.2, 0.25) is 5.15 Å². The predicted molar refractivity (Wildman–Crippen MR) is 121 cm³/mol. The van der Waals surface area contributed by atoms with Gasteiger partial charge < -0.3 is 10.2 Å². The molecule has 29 heavy (non-hydrogen) atoms. The van der Waals surface area contributed by atoms with Gasteiger partial charge in [-0.25, -0.2) is 9.78 Å². The van der Waals surface area contributed by atoms with Gasteiger partial charge in [0.15, 0.2) is 0 Å². The molecule has 0 fully saturated rings. The van der Waals surface area contributed by atoms with E-state index >= 15 is 0 Å². The van der Waals surface area contributed by atoms with E-state index in [-0.39, 0.29) is 6.03 Å². The number of fused-ring (bicyclic) bond motifs is 1. The highest BCUT2D eigenvalue weighted by molar-refractivity contribution is 7.09. The maximum Gasteiger partial charge on any atom is 0.322 e. The van der Waals surface area contributed by atoms with Crippen molar-refractivity contribution in [1.82, 2.24) is 9.88 Å². The fraction of sp³-hybridized carbons (Fsp3) is 0.130. The first kappa shape index (κ1) is 19.4. The number of nitrogens with zero attached hydrogens (tertiary/aromatic N) is 2. The van der Waals surface area contributed by atoms with Gasteiger partial charge in [-0.15, -0.1) is 11.3 Å².